The van der Waals surface area contributed by atoms with E-state index in [-0.39, 0.29) is 23.7 Å². The van der Waals surface area contributed by atoms with Crippen molar-refractivity contribution in [2.24, 2.45) is 17.8 Å². The van der Waals surface area contributed by atoms with Crippen LogP contribution in [0.4, 0.5) is 0 Å². The van der Waals surface area contributed by atoms with E-state index in [1.54, 1.807) is 0 Å². The number of rotatable bonds is 5. The van der Waals surface area contributed by atoms with Gasteiger partial charge in [0.15, 0.2) is 0 Å². The number of nitrogens with one attached hydrogen (secondary N) is 1. The summed E-state index contributed by atoms with van der Waals surface area (Å²) in [5, 5.41) is 12.0. The zero-order chi connectivity index (χ0) is 13.7. The average Bonchev–Trinajstić information content (AvgIpc) is 2.35. The van der Waals surface area contributed by atoms with Gasteiger partial charge in [-0.2, -0.15) is 0 Å². The highest BCUT2D eigenvalue weighted by molar-refractivity contribution is 5.85. The number of hydrogen-bond donors (Lipinski definition) is 2. The molecule has 1 aliphatic rings. The SMILES string of the molecule is CC(C)C(C)C(=O)NC(C(=O)O)C1CCCCC1. The standard InChI is InChI=1S/C14H25NO3/c1-9(2)10(3)13(16)15-12(14(17)18)11-7-5-4-6-8-11/h9-12H,4-8H2,1-3H3,(H,15,16)(H,17,18). The van der Waals surface area contributed by atoms with Crippen molar-refractivity contribution < 1.29 is 14.7 Å². The van der Waals surface area contributed by atoms with E-state index in [2.05, 4.69) is 5.32 Å². The Morgan fingerprint density at radius 2 is 1.67 bits per heavy atom. The molecule has 1 amide bonds. The molecule has 0 heterocycles. The maximum absolute atomic E-state index is 12.0. The lowest BCUT2D eigenvalue weighted by Crippen LogP contribution is -2.48. The fraction of sp³-hybridized carbons (Fsp3) is 0.857. The number of aliphatic carboxylic acids is 1. The first kappa shape index (κ1) is 15.0. The monoisotopic (exact) mass is 255 g/mol. The molecule has 0 aromatic carbocycles. The van der Waals surface area contributed by atoms with Crippen LogP contribution in [0.15, 0.2) is 0 Å². The fourth-order valence-corrected chi connectivity index (χ4v) is 2.44. The molecular formula is C14H25NO3. The number of carbonyl (C=O) groups is 2. The van der Waals surface area contributed by atoms with Gasteiger partial charge < -0.3 is 10.4 Å². The van der Waals surface area contributed by atoms with Crippen LogP contribution in [0.3, 0.4) is 0 Å². The molecular weight excluding hydrogens is 230 g/mol. The number of carboxylic acid groups (broad SMARTS) is 1. The lowest BCUT2D eigenvalue weighted by atomic mass is 9.83. The third kappa shape index (κ3) is 4.00. The van der Waals surface area contributed by atoms with Gasteiger partial charge >= 0.3 is 5.97 Å². The molecule has 1 aliphatic carbocycles. The highest BCUT2D eigenvalue weighted by Gasteiger charge is 2.32. The van der Waals surface area contributed by atoms with Crippen molar-refractivity contribution in [3.8, 4) is 0 Å². The molecule has 0 aromatic rings. The third-order valence-electron chi connectivity index (χ3n) is 4.10. The van der Waals surface area contributed by atoms with Crippen LogP contribution in [0, 0.1) is 17.8 Å². The van der Waals surface area contributed by atoms with Gasteiger partial charge in [0.2, 0.25) is 5.91 Å². The second-order valence-corrected chi connectivity index (χ2v) is 5.76. The van der Waals surface area contributed by atoms with Gasteiger partial charge in [-0.15, -0.1) is 0 Å². The quantitative estimate of drug-likeness (QED) is 0.793. The third-order valence-corrected chi connectivity index (χ3v) is 4.10. The van der Waals surface area contributed by atoms with Gasteiger partial charge in [0.05, 0.1) is 0 Å². The number of carbonyl (C=O) groups excluding carboxylic acids is 1. The predicted octanol–water partition coefficient (Wildman–Crippen LogP) is 2.43. The van der Waals surface area contributed by atoms with Gasteiger partial charge in [-0.1, -0.05) is 40.0 Å². The molecule has 104 valence electrons. The summed E-state index contributed by atoms with van der Waals surface area (Å²) in [6.07, 6.45) is 5.15. The second-order valence-electron chi connectivity index (χ2n) is 5.76. The molecule has 1 fully saturated rings. The van der Waals surface area contributed by atoms with Gasteiger partial charge in [-0.05, 0) is 24.7 Å². The summed E-state index contributed by atoms with van der Waals surface area (Å²) >= 11 is 0. The summed E-state index contributed by atoms with van der Waals surface area (Å²) < 4.78 is 0. The van der Waals surface area contributed by atoms with Crippen molar-refractivity contribution in [3.05, 3.63) is 0 Å². The maximum Gasteiger partial charge on any atom is 0.326 e. The summed E-state index contributed by atoms with van der Waals surface area (Å²) in [6, 6.07) is -0.709. The molecule has 2 N–H and O–H groups in total. The zero-order valence-corrected chi connectivity index (χ0v) is 11.6. The van der Waals surface area contributed by atoms with Crippen molar-refractivity contribution in [2.45, 2.75) is 58.9 Å². The Bertz CT molecular complexity index is 295. The minimum absolute atomic E-state index is 0.0968. The van der Waals surface area contributed by atoms with Crippen LogP contribution in [-0.4, -0.2) is 23.0 Å². The predicted molar refractivity (Wildman–Crippen MR) is 70.1 cm³/mol. The number of amides is 1. The number of hydrogen-bond acceptors (Lipinski definition) is 2. The number of carboxylic acids is 1. The van der Waals surface area contributed by atoms with E-state index < -0.39 is 12.0 Å². The molecule has 0 aliphatic heterocycles. The molecule has 4 nitrogen and oxygen atoms in total. The largest absolute Gasteiger partial charge is 0.480 e. The Hall–Kier alpha value is -1.06. The highest BCUT2D eigenvalue weighted by Crippen LogP contribution is 2.27. The summed E-state index contributed by atoms with van der Waals surface area (Å²) in [7, 11) is 0. The molecule has 0 bridgehead atoms. The van der Waals surface area contributed by atoms with Crippen molar-refractivity contribution in [2.75, 3.05) is 0 Å². The summed E-state index contributed by atoms with van der Waals surface area (Å²) in [5.41, 5.74) is 0. The lowest BCUT2D eigenvalue weighted by molar-refractivity contribution is -0.144. The topological polar surface area (TPSA) is 66.4 Å². The van der Waals surface area contributed by atoms with E-state index >= 15 is 0 Å². The Kier molecular flexibility index (Phi) is 5.63. The van der Waals surface area contributed by atoms with E-state index in [1.807, 2.05) is 20.8 Å². The first-order valence-electron chi connectivity index (χ1n) is 6.96. The maximum atomic E-state index is 12.0. The molecule has 1 rings (SSSR count). The van der Waals surface area contributed by atoms with Crippen LogP contribution < -0.4 is 5.32 Å². The first-order chi connectivity index (χ1) is 8.43. The van der Waals surface area contributed by atoms with Gasteiger partial charge in [-0.25, -0.2) is 4.79 Å². The van der Waals surface area contributed by atoms with Crippen LogP contribution >= 0.6 is 0 Å². The Morgan fingerprint density at radius 3 is 2.11 bits per heavy atom. The van der Waals surface area contributed by atoms with E-state index in [0.29, 0.717) is 0 Å². The average molecular weight is 255 g/mol. The summed E-state index contributed by atoms with van der Waals surface area (Å²) in [4.78, 5) is 23.3. The Labute approximate surface area is 109 Å². The van der Waals surface area contributed by atoms with Gasteiger partial charge in [-0.3, -0.25) is 4.79 Å². The zero-order valence-electron chi connectivity index (χ0n) is 11.6. The molecule has 0 spiro atoms. The van der Waals surface area contributed by atoms with Gasteiger partial charge in [0.25, 0.3) is 0 Å². The van der Waals surface area contributed by atoms with Crippen LogP contribution in [0.5, 0.6) is 0 Å². The smallest absolute Gasteiger partial charge is 0.326 e. The molecule has 1 saturated carbocycles. The van der Waals surface area contributed by atoms with Crippen LogP contribution in [-0.2, 0) is 9.59 Å². The first-order valence-corrected chi connectivity index (χ1v) is 6.96. The Balaban J connectivity index is 2.62. The fourth-order valence-electron chi connectivity index (χ4n) is 2.44. The molecule has 18 heavy (non-hydrogen) atoms. The van der Waals surface area contributed by atoms with Crippen molar-refractivity contribution >= 4 is 11.9 Å². The van der Waals surface area contributed by atoms with Crippen LogP contribution in [0.25, 0.3) is 0 Å². The van der Waals surface area contributed by atoms with Gasteiger partial charge in [0, 0.05) is 5.92 Å². The minimum atomic E-state index is -0.897. The molecule has 0 aromatic heterocycles. The van der Waals surface area contributed by atoms with Crippen LogP contribution in [0.2, 0.25) is 0 Å². The molecule has 4 heteroatoms. The van der Waals surface area contributed by atoms with E-state index in [9.17, 15) is 14.7 Å². The highest BCUT2D eigenvalue weighted by atomic mass is 16.4. The minimum Gasteiger partial charge on any atom is -0.480 e. The van der Waals surface area contributed by atoms with E-state index in [1.165, 1.54) is 6.42 Å². The van der Waals surface area contributed by atoms with Gasteiger partial charge in [0.1, 0.15) is 6.04 Å². The second kappa shape index (κ2) is 6.76. The molecule has 0 radical (unpaired) electrons. The van der Waals surface area contributed by atoms with Crippen molar-refractivity contribution in [3.63, 3.8) is 0 Å². The molecule has 2 unspecified atom stereocenters. The molecule has 2 atom stereocenters. The van der Waals surface area contributed by atoms with Crippen LogP contribution in [0.1, 0.15) is 52.9 Å². The summed E-state index contributed by atoms with van der Waals surface area (Å²) in [5.74, 6) is -0.852. The lowest BCUT2D eigenvalue weighted by Gasteiger charge is -2.29. The Morgan fingerprint density at radius 1 is 1.11 bits per heavy atom. The van der Waals surface area contributed by atoms with Crippen molar-refractivity contribution in [1.29, 1.82) is 0 Å². The normalized spacial score (nSPS) is 20.4. The van der Waals surface area contributed by atoms with E-state index in [0.717, 1.165) is 25.7 Å². The van der Waals surface area contributed by atoms with E-state index in [4.69, 9.17) is 0 Å². The molecule has 0 saturated heterocycles. The van der Waals surface area contributed by atoms with Crippen molar-refractivity contribution in [1.82, 2.24) is 5.32 Å². The summed E-state index contributed by atoms with van der Waals surface area (Å²) in [6.45, 7) is 5.79.